The van der Waals surface area contributed by atoms with Gasteiger partial charge in [0.1, 0.15) is 5.82 Å². The van der Waals surface area contributed by atoms with E-state index in [1.807, 2.05) is 0 Å². The maximum atomic E-state index is 12.7. The van der Waals surface area contributed by atoms with Gasteiger partial charge in [0, 0.05) is 11.0 Å². The van der Waals surface area contributed by atoms with Gasteiger partial charge in [-0.05, 0) is 34.1 Å². The van der Waals surface area contributed by atoms with E-state index in [0.717, 1.165) is 18.2 Å². The van der Waals surface area contributed by atoms with Crippen molar-refractivity contribution in [3.63, 3.8) is 0 Å². The van der Waals surface area contributed by atoms with Crippen LogP contribution in [0.3, 0.4) is 0 Å². The molecule has 0 radical (unpaired) electrons. The van der Waals surface area contributed by atoms with Gasteiger partial charge in [0.2, 0.25) is 10.0 Å². The second-order valence-corrected chi connectivity index (χ2v) is 5.29. The van der Waals surface area contributed by atoms with E-state index in [1.54, 1.807) is 0 Å². The maximum absolute atomic E-state index is 12.7. The summed E-state index contributed by atoms with van der Waals surface area (Å²) >= 11 is 2.95. The standard InChI is InChI=1S/C8H9BrFNO3S/c9-7-5-6(10)1-2-8(7)15(13,14)11-3-4-12/h1-2,5,11-12H,3-4H2. The van der Waals surface area contributed by atoms with Crippen molar-refractivity contribution in [3.05, 3.63) is 28.5 Å². The summed E-state index contributed by atoms with van der Waals surface area (Å²) in [4.78, 5) is -0.0580. The number of hydrogen-bond donors (Lipinski definition) is 2. The molecule has 0 aliphatic heterocycles. The molecule has 2 N–H and O–H groups in total. The van der Waals surface area contributed by atoms with Gasteiger partial charge >= 0.3 is 0 Å². The van der Waals surface area contributed by atoms with Crippen LogP contribution in [0.4, 0.5) is 4.39 Å². The van der Waals surface area contributed by atoms with E-state index in [9.17, 15) is 12.8 Å². The van der Waals surface area contributed by atoms with Crippen LogP contribution >= 0.6 is 15.9 Å². The van der Waals surface area contributed by atoms with Crippen molar-refractivity contribution in [1.29, 1.82) is 0 Å². The van der Waals surface area contributed by atoms with Crippen molar-refractivity contribution in [3.8, 4) is 0 Å². The smallest absolute Gasteiger partial charge is 0.241 e. The minimum atomic E-state index is -3.69. The van der Waals surface area contributed by atoms with E-state index in [0.29, 0.717) is 0 Å². The first-order chi connectivity index (χ1) is 6.97. The fourth-order valence-electron chi connectivity index (χ4n) is 0.951. The summed E-state index contributed by atoms with van der Waals surface area (Å²) in [7, 11) is -3.69. The van der Waals surface area contributed by atoms with Gasteiger partial charge in [-0.3, -0.25) is 0 Å². The predicted octanol–water partition coefficient (Wildman–Crippen LogP) is 0.859. The number of halogens is 2. The van der Waals surface area contributed by atoms with E-state index in [4.69, 9.17) is 5.11 Å². The third-order valence-corrected chi connectivity index (χ3v) is 4.03. The van der Waals surface area contributed by atoms with Crippen LogP contribution in [0.5, 0.6) is 0 Å². The van der Waals surface area contributed by atoms with Crippen molar-refractivity contribution in [1.82, 2.24) is 4.72 Å². The highest BCUT2D eigenvalue weighted by molar-refractivity contribution is 9.10. The fraction of sp³-hybridized carbons (Fsp3) is 0.250. The van der Waals surface area contributed by atoms with Crippen molar-refractivity contribution >= 4 is 26.0 Å². The Bertz CT molecular complexity index is 449. The molecular formula is C8H9BrFNO3S. The van der Waals surface area contributed by atoms with Crippen molar-refractivity contribution in [2.75, 3.05) is 13.2 Å². The molecule has 4 nitrogen and oxygen atoms in total. The van der Waals surface area contributed by atoms with Crippen LogP contribution in [0.15, 0.2) is 27.6 Å². The number of nitrogens with one attached hydrogen (secondary N) is 1. The zero-order valence-electron chi connectivity index (χ0n) is 7.57. The molecule has 1 aromatic carbocycles. The zero-order chi connectivity index (χ0) is 11.5. The molecule has 1 rings (SSSR count). The van der Waals surface area contributed by atoms with Crippen LogP contribution in [-0.2, 0) is 10.0 Å². The van der Waals surface area contributed by atoms with Crippen LogP contribution in [-0.4, -0.2) is 26.7 Å². The van der Waals surface area contributed by atoms with Crippen molar-refractivity contribution in [2.45, 2.75) is 4.90 Å². The fourth-order valence-corrected chi connectivity index (χ4v) is 3.02. The third kappa shape index (κ3) is 3.23. The number of sulfonamides is 1. The number of aliphatic hydroxyl groups is 1. The molecule has 0 saturated carbocycles. The predicted molar refractivity (Wildman–Crippen MR) is 56.4 cm³/mol. The minimum Gasteiger partial charge on any atom is -0.395 e. The Morgan fingerprint density at radius 3 is 2.67 bits per heavy atom. The lowest BCUT2D eigenvalue weighted by Crippen LogP contribution is -2.26. The molecule has 0 atom stereocenters. The van der Waals surface area contributed by atoms with Gasteiger partial charge in [-0.15, -0.1) is 0 Å². The summed E-state index contributed by atoms with van der Waals surface area (Å²) in [5, 5.41) is 8.49. The molecular weight excluding hydrogens is 289 g/mol. The molecule has 7 heteroatoms. The topological polar surface area (TPSA) is 66.4 Å². The van der Waals surface area contributed by atoms with Crippen LogP contribution in [0.1, 0.15) is 0 Å². The molecule has 15 heavy (non-hydrogen) atoms. The zero-order valence-corrected chi connectivity index (χ0v) is 9.98. The summed E-state index contributed by atoms with van der Waals surface area (Å²) < 4.78 is 38.1. The maximum Gasteiger partial charge on any atom is 0.241 e. The molecule has 0 aromatic heterocycles. The molecule has 0 amide bonds. The highest BCUT2D eigenvalue weighted by atomic mass is 79.9. The number of rotatable bonds is 4. The Hall–Kier alpha value is -0.500. The summed E-state index contributed by atoms with van der Waals surface area (Å²) in [6.45, 7) is -0.371. The van der Waals surface area contributed by atoms with Crippen molar-refractivity contribution in [2.24, 2.45) is 0 Å². The summed E-state index contributed by atoms with van der Waals surface area (Å²) in [6, 6.07) is 3.27. The van der Waals surface area contributed by atoms with E-state index in [-0.39, 0.29) is 22.5 Å². The minimum absolute atomic E-state index is 0.0580. The lowest BCUT2D eigenvalue weighted by atomic mass is 10.3. The molecule has 0 aliphatic rings. The van der Waals surface area contributed by atoms with Crippen LogP contribution < -0.4 is 4.72 Å². The third-order valence-electron chi connectivity index (χ3n) is 1.59. The highest BCUT2D eigenvalue weighted by Gasteiger charge is 2.16. The Kier molecular flexibility index (Phi) is 4.21. The molecule has 1 aromatic rings. The van der Waals surface area contributed by atoms with E-state index < -0.39 is 15.8 Å². The number of benzene rings is 1. The van der Waals surface area contributed by atoms with Crippen LogP contribution in [0.2, 0.25) is 0 Å². The second kappa shape index (κ2) is 5.02. The number of hydrogen-bond acceptors (Lipinski definition) is 3. The highest BCUT2D eigenvalue weighted by Crippen LogP contribution is 2.22. The van der Waals surface area contributed by atoms with E-state index >= 15 is 0 Å². The average molecular weight is 298 g/mol. The first kappa shape index (κ1) is 12.6. The van der Waals surface area contributed by atoms with Gasteiger partial charge < -0.3 is 5.11 Å². The molecule has 0 spiro atoms. The van der Waals surface area contributed by atoms with Crippen LogP contribution in [0, 0.1) is 5.82 Å². The van der Waals surface area contributed by atoms with Gasteiger partial charge in [0.15, 0.2) is 0 Å². The lowest BCUT2D eigenvalue weighted by molar-refractivity contribution is 0.301. The normalized spacial score (nSPS) is 11.7. The van der Waals surface area contributed by atoms with Crippen molar-refractivity contribution < 1.29 is 17.9 Å². The summed E-state index contributed by atoms with van der Waals surface area (Å²) in [6.07, 6.45) is 0. The SMILES string of the molecule is O=S(=O)(NCCO)c1ccc(F)cc1Br. The van der Waals surface area contributed by atoms with Crippen LogP contribution in [0.25, 0.3) is 0 Å². The Balaban J connectivity index is 3.05. The Morgan fingerprint density at radius 2 is 2.13 bits per heavy atom. The Labute approximate surface area is 95.3 Å². The molecule has 0 unspecified atom stereocenters. The quantitative estimate of drug-likeness (QED) is 0.866. The van der Waals surface area contributed by atoms with Gasteiger partial charge in [-0.2, -0.15) is 0 Å². The van der Waals surface area contributed by atoms with Gasteiger partial charge in [0.25, 0.3) is 0 Å². The number of aliphatic hydroxyl groups excluding tert-OH is 1. The average Bonchev–Trinajstić information content (AvgIpc) is 2.14. The molecule has 0 saturated heterocycles. The van der Waals surface area contributed by atoms with Gasteiger partial charge in [0.05, 0.1) is 11.5 Å². The molecule has 0 fully saturated rings. The lowest BCUT2D eigenvalue weighted by Gasteiger charge is -2.06. The largest absolute Gasteiger partial charge is 0.395 e. The van der Waals surface area contributed by atoms with E-state index in [1.165, 1.54) is 0 Å². The van der Waals surface area contributed by atoms with Gasteiger partial charge in [-0.1, -0.05) is 0 Å². The first-order valence-electron chi connectivity index (χ1n) is 4.03. The molecule has 0 bridgehead atoms. The molecule has 0 aliphatic carbocycles. The van der Waals surface area contributed by atoms with E-state index in [2.05, 4.69) is 20.7 Å². The second-order valence-electron chi connectivity index (χ2n) is 2.70. The summed E-state index contributed by atoms with van der Waals surface area (Å²) in [5.74, 6) is -0.525. The molecule has 0 heterocycles. The summed E-state index contributed by atoms with van der Waals surface area (Å²) in [5.41, 5.74) is 0. The monoisotopic (exact) mass is 297 g/mol. The molecule has 84 valence electrons. The van der Waals surface area contributed by atoms with Gasteiger partial charge in [-0.25, -0.2) is 17.5 Å². The Morgan fingerprint density at radius 1 is 1.47 bits per heavy atom. The first-order valence-corrected chi connectivity index (χ1v) is 6.30.